The maximum Gasteiger partial charge on any atom is 0.266 e. The molecule has 31 heavy (non-hydrogen) atoms. The average molecular weight is 496 g/mol. The van der Waals surface area contributed by atoms with Gasteiger partial charge in [0.05, 0.1) is 17.0 Å². The zero-order chi connectivity index (χ0) is 22.4. The molecule has 0 atom stereocenters. The topological polar surface area (TPSA) is 48.0 Å². The molecule has 1 heterocycles. The van der Waals surface area contributed by atoms with Crippen molar-refractivity contribution in [2.45, 2.75) is 0 Å². The van der Waals surface area contributed by atoms with E-state index in [-0.39, 0.29) is 19.1 Å². The minimum absolute atomic E-state index is 0.198. The Morgan fingerprint density at radius 1 is 1.16 bits per heavy atom. The van der Waals surface area contributed by atoms with Crippen molar-refractivity contribution in [3.8, 4) is 17.2 Å². The molecular formula is C22H19Cl2NO4S2. The third-order valence-corrected chi connectivity index (χ3v) is 6.04. The number of carbonyl (C=O) groups excluding carboxylic acids is 1. The summed E-state index contributed by atoms with van der Waals surface area (Å²) in [6.45, 7) is 4.49. The van der Waals surface area contributed by atoms with Crippen molar-refractivity contribution in [1.82, 2.24) is 4.90 Å². The Bertz CT molecular complexity index is 1040. The van der Waals surface area contributed by atoms with E-state index in [4.69, 9.17) is 49.6 Å². The van der Waals surface area contributed by atoms with E-state index in [0.717, 1.165) is 0 Å². The van der Waals surface area contributed by atoms with Gasteiger partial charge in [-0.1, -0.05) is 65.4 Å². The van der Waals surface area contributed by atoms with Crippen LogP contribution in [0.2, 0.25) is 10.0 Å². The first kappa shape index (κ1) is 23.5. The van der Waals surface area contributed by atoms with Gasteiger partial charge < -0.3 is 14.2 Å². The van der Waals surface area contributed by atoms with Crippen LogP contribution in [0.15, 0.2) is 54.0 Å². The summed E-state index contributed by atoms with van der Waals surface area (Å²) in [6.07, 6.45) is 3.30. The van der Waals surface area contributed by atoms with Gasteiger partial charge in [-0.25, -0.2) is 0 Å². The Hall–Kier alpha value is -2.19. The molecule has 1 fully saturated rings. The minimum atomic E-state index is -0.198. The van der Waals surface area contributed by atoms with Gasteiger partial charge in [-0.2, -0.15) is 0 Å². The molecule has 0 bridgehead atoms. The minimum Gasteiger partial charge on any atom is -0.493 e. The Kier molecular flexibility index (Phi) is 8.26. The molecule has 3 rings (SSSR count). The monoisotopic (exact) mass is 495 g/mol. The van der Waals surface area contributed by atoms with E-state index in [2.05, 4.69) is 6.58 Å². The molecule has 2 aromatic rings. The molecule has 1 aliphatic heterocycles. The molecule has 0 N–H and O–H groups in total. The third kappa shape index (κ3) is 5.74. The average Bonchev–Trinajstić information content (AvgIpc) is 3.00. The van der Waals surface area contributed by atoms with Crippen molar-refractivity contribution in [2.24, 2.45) is 0 Å². The highest BCUT2D eigenvalue weighted by Crippen LogP contribution is 2.38. The molecule has 1 saturated heterocycles. The van der Waals surface area contributed by atoms with Gasteiger partial charge in [0, 0.05) is 17.1 Å². The molecule has 1 aliphatic rings. The summed E-state index contributed by atoms with van der Waals surface area (Å²) in [6, 6.07) is 10.6. The summed E-state index contributed by atoms with van der Waals surface area (Å²) in [5.41, 5.74) is 0.578. The number of nitrogens with zero attached hydrogens (tertiary/aromatic N) is 1. The second kappa shape index (κ2) is 10.9. The smallest absolute Gasteiger partial charge is 0.266 e. The van der Waals surface area contributed by atoms with Crippen LogP contribution < -0.4 is 14.2 Å². The van der Waals surface area contributed by atoms with E-state index in [1.165, 1.54) is 16.7 Å². The molecular weight excluding hydrogens is 477 g/mol. The number of rotatable bonds is 9. The predicted molar refractivity (Wildman–Crippen MR) is 131 cm³/mol. The van der Waals surface area contributed by atoms with E-state index in [1.807, 2.05) is 24.3 Å². The van der Waals surface area contributed by atoms with Crippen LogP contribution in [0, 0.1) is 0 Å². The van der Waals surface area contributed by atoms with Gasteiger partial charge in [-0.3, -0.25) is 9.69 Å². The first-order chi connectivity index (χ1) is 14.9. The number of thioether (sulfide) groups is 1. The molecule has 5 nitrogen and oxygen atoms in total. The van der Waals surface area contributed by atoms with Gasteiger partial charge in [0.25, 0.3) is 5.91 Å². The van der Waals surface area contributed by atoms with Crippen molar-refractivity contribution in [3.63, 3.8) is 0 Å². The lowest BCUT2D eigenvalue weighted by molar-refractivity contribution is -0.121. The Morgan fingerprint density at radius 2 is 1.87 bits per heavy atom. The number of benzene rings is 2. The van der Waals surface area contributed by atoms with E-state index >= 15 is 0 Å². The lowest BCUT2D eigenvalue weighted by Crippen LogP contribution is -2.27. The second-order valence-corrected chi connectivity index (χ2v) is 8.75. The van der Waals surface area contributed by atoms with Crippen LogP contribution in [0.25, 0.3) is 6.08 Å². The van der Waals surface area contributed by atoms with Gasteiger partial charge in [-0.15, -0.1) is 6.58 Å². The zero-order valence-corrected chi connectivity index (χ0v) is 19.7. The van der Waals surface area contributed by atoms with Crippen molar-refractivity contribution in [3.05, 3.63) is 69.6 Å². The predicted octanol–water partition coefficient (Wildman–Crippen LogP) is 5.85. The molecule has 0 unspecified atom stereocenters. The Labute approximate surface area is 200 Å². The number of carbonyl (C=O) groups is 1. The van der Waals surface area contributed by atoms with Gasteiger partial charge in [0.15, 0.2) is 11.5 Å². The lowest BCUT2D eigenvalue weighted by Gasteiger charge is -2.14. The zero-order valence-electron chi connectivity index (χ0n) is 16.6. The number of hydrogen-bond acceptors (Lipinski definition) is 6. The number of amides is 1. The van der Waals surface area contributed by atoms with E-state index in [0.29, 0.717) is 48.6 Å². The highest BCUT2D eigenvalue weighted by molar-refractivity contribution is 8.26. The molecule has 0 radical (unpaired) electrons. The summed E-state index contributed by atoms with van der Waals surface area (Å²) in [5, 5.41) is 0.757. The second-order valence-electron chi connectivity index (χ2n) is 6.23. The number of halogens is 2. The maximum absolute atomic E-state index is 12.6. The molecule has 0 saturated carbocycles. The Balaban J connectivity index is 1.75. The van der Waals surface area contributed by atoms with Gasteiger partial charge in [-0.05, 0) is 30.3 Å². The van der Waals surface area contributed by atoms with Gasteiger partial charge in [0.1, 0.15) is 23.3 Å². The van der Waals surface area contributed by atoms with Crippen LogP contribution in [-0.2, 0) is 4.79 Å². The van der Waals surface area contributed by atoms with Crippen LogP contribution in [0.5, 0.6) is 17.2 Å². The number of thiocarbonyl (C=S) groups is 1. The van der Waals surface area contributed by atoms with Crippen LogP contribution >= 0.6 is 47.2 Å². The highest BCUT2D eigenvalue weighted by Gasteiger charge is 2.31. The largest absolute Gasteiger partial charge is 0.493 e. The molecule has 9 heteroatoms. The summed E-state index contributed by atoms with van der Waals surface area (Å²) >= 11 is 19.0. The molecule has 2 aromatic carbocycles. The van der Waals surface area contributed by atoms with Crippen molar-refractivity contribution in [2.75, 3.05) is 26.9 Å². The molecule has 0 aliphatic carbocycles. The number of methoxy groups -OCH3 is 1. The number of ether oxygens (including phenoxy) is 3. The van der Waals surface area contributed by atoms with Crippen molar-refractivity contribution >= 4 is 63.5 Å². The number of para-hydroxylation sites is 2. The molecule has 1 amide bonds. The maximum atomic E-state index is 12.6. The summed E-state index contributed by atoms with van der Waals surface area (Å²) in [4.78, 5) is 14.6. The van der Waals surface area contributed by atoms with Crippen LogP contribution in [0.1, 0.15) is 5.56 Å². The highest BCUT2D eigenvalue weighted by atomic mass is 35.5. The van der Waals surface area contributed by atoms with Crippen LogP contribution in [0.3, 0.4) is 0 Å². The van der Waals surface area contributed by atoms with Crippen molar-refractivity contribution in [1.29, 1.82) is 0 Å². The number of hydrogen-bond donors (Lipinski definition) is 0. The van der Waals surface area contributed by atoms with E-state index < -0.39 is 0 Å². The first-order valence-electron chi connectivity index (χ1n) is 9.18. The quantitative estimate of drug-likeness (QED) is 0.188. The van der Waals surface area contributed by atoms with E-state index in [9.17, 15) is 4.79 Å². The van der Waals surface area contributed by atoms with Crippen LogP contribution in [0.4, 0.5) is 0 Å². The fraction of sp³-hybridized carbons (Fsp3) is 0.182. The van der Waals surface area contributed by atoms with Gasteiger partial charge >= 0.3 is 0 Å². The standard InChI is InChI=1S/C22H19Cl2NO4S2/c1-3-8-25-21(26)19(31-22(25)30)12-14-11-15(23)13-16(24)20(14)29-10-9-28-18-7-5-4-6-17(18)27-2/h3-7,11-13H,1,8-10H2,2H3/b19-12+. The van der Waals surface area contributed by atoms with E-state index in [1.54, 1.807) is 31.4 Å². The van der Waals surface area contributed by atoms with Gasteiger partial charge in [0.2, 0.25) is 0 Å². The first-order valence-corrected chi connectivity index (χ1v) is 11.2. The summed E-state index contributed by atoms with van der Waals surface area (Å²) in [7, 11) is 1.58. The third-order valence-electron chi connectivity index (χ3n) is 4.17. The van der Waals surface area contributed by atoms with Crippen molar-refractivity contribution < 1.29 is 19.0 Å². The lowest BCUT2D eigenvalue weighted by atomic mass is 10.1. The normalized spacial score (nSPS) is 14.8. The Morgan fingerprint density at radius 3 is 2.58 bits per heavy atom. The SMILES string of the molecule is C=CCN1C(=O)/C(=C\c2cc(Cl)cc(Cl)c2OCCOc2ccccc2OC)SC1=S. The summed E-state index contributed by atoms with van der Waals surface area (Å²) < 4.78 is 17.3. The fourth-order valence-electron chi connectivity index (χ4n) is 2.80. The molecule has 0 aromatic heterocycles. The fourth-order valence-corrected chi connectivity index (χ4v) is 4.63. The molecule has 0 spiro atoms. The molecule has 162 valence electrons. The summed E-state index contributed by atoms with van der Waals surface area (Å²) in [5.74, 6) is 1.45. The van der Waals surface area contributed by atoms with Crippen LogP contribution in [-0.4, -0.2) is 42.0 Å².